The second-order valence-electron chi connectivity index (χ2n) is 20.7. The number of carboxylic acids is 2. The van der Waals surface area contributed by atoms with Crippen LogP contribution in [0.4, 0.5) is 0 Å². The summed E-state index contributed by atoms with van der Waals surface area (Å²) in [6.45, 7) is -2.53. The van der Waals surface area contributed by atoms with E-state index in [1.54, 1.807) is 0 Å². The quantitative estimate of drug-likeness (QED) is 0.0324. The van der Waals surface area contributed by atoms with Gasteiger partial charge in [-0.25, -0.2) is 9.59 Å². The molecule has 5 heterocycles. The second-order valence-corrected chi connectivity index (χ2v) is 20.7. The maximum atomic E-state index is 13.2. The van der Waals surface area contributed by atoms with Gasteiger partial charge in [0.25, 0.3) is 11.6 Å². The van der Waals surface area contributed by atoms with Crippen LogP contribution >= 0.6 is 0 Å². The monoisotopic (exact) mass is 1210 g/mol. The van der Waals surface area contributed by atoms with Gasteiger partial charge in [-0.2, -0.15) is 0 Å². The number of rotatable bonds is 28. The van der Waals surface area contributed by atoms with Crippen LogP contribution in [0.2, 0.25) is 0 Å². The molecule has 0 aromatic heterocycles. The van der Waals surface area contributed by atoms with Crippen molar-refractivity contribution >= 4 is 29.7 Å². The van der Waals surface area contributed by atoms with Gasteiger partial charge in [0.05, 0.1) is 57.3 Å². The van der Waals surface area contributed by atoms with Gasteiger partial charge >= 0.3 is 11.9 Å². The third kappa shape index (κ3) is 16.5. The zero-order valence-corrected chi connectivity index (χ0v) is 45.2. The van der Waals surface area contributed by atoms with E-state index in [2.05, 4.69) is 16.0 Å². The van der Waals surface area contributed by atoms with Gasteiger partial charge in [0.15, 0.2) is 18.9 Å². The Labute approximate surface area is 472 Å². The lowest BCUT2D eigenvalue weighted by atomic mass is 9.88. The lowest BCUT2D eigenvalue weighted by Crippen LogP contribution is -2.72. The topological polar surface area (TPSA) is 584 Å². The molecule has 5 aliphatic rings. The van der Waals surface area contributed by atoms with Crippen LogP contribution in [-0.2, 0) is 71.3 Å². The minimum atomic E-state index is -3.28. The molecule has 0 spiro atoms. The summed E-state index contributed by atoms with van der Waals surface area (Å²) in [6, 6.07) is -5.38. The molecule has 0 aliphatic carbocycles. The normalized spacial score (nSPS) is 41.0. The van der Waals surface area contributed by atoms with Gasteiger partial charge in [-0.15, -0.1) is 0 Å². The van der Waals surface area contributed by atoms with E-state index < -0.39 is 240 Å². The van der Waals surface area contributed by atoms with E-state index in [9.17, 15) is 111 Å². The van der Waals surface area contributed by atoms with Gasteiger partial charge in [-0.3, -0.25) is 14.4 Å². The van der Waals surface area contributed by atoms with Crippen LogP contribution in [0.15, 0.2) is 0 Å². The average molecular weight is 1210 g/mol. The summed E-state index contributed by atoms with van der Waals surface area (Å²) >= 11 is 0. The van der Waals surface area contributed by atoms with Gasteiger partial charge in [0.2, 0.25) is 17.7 Å². The molecule has 83 heavy (non-hydrogen) atoms. The number of carbonyl (C=O) groups excluding carboxylic acids is 3. The lowest BCUT2D eigenvalue weighted by molar-refractivity contribution is -0.388. The highest BCUT2D eigenvalue weighted by Gasteiger charge is 2.62. The molecule has 36 nitrogen and oxygen atoms in total. The maximum absolute atomic E-state index is 13.2. The number of amides is 3. The highest BCUT2D eigenvalue weighted by Crippen LogP contribution is 2.40. The number of carbonyl (C=O) groups is 5. The SMILES string of the molecule is CC(=O)N[C@@H]1[C@H](O)C[C@](O[C@H]2[C@@H](O)[C@@H](CO)O[C@@H](O[C@H]3[C@H](O)[C@@H](CO[C@]4(C(=O)O)C[C@H](O)[C@@H](NC(C)=O)[C@H](C(O)C(O)CO)O4)O[C@@H](O[C@H]4[C@@H](O)[C@@H](CO)O[C@@H](OCCCCCN)[C@@H]4O)[C@@H]3NC(C)=O)[C@@H]2O)(C(=O)O)O[C@@H]1C(O)C(O)CO. The van der Waals surface area contributed by atoms with Crippen molar-refractivity contribution in [3.8, 4) is 0 Å². The number of nitrogens with one attached hydrogen (secondary N) is 3. The van der Waals surface area contributed by atoms with Crippen molar-refractivity contribution in [3.05, 3.63) is 0 Å². The third-order valence-corrected chi connectivity index (χ3v) is 14.6. The molecule has 27 atom stereocenters. The van der Waals surface area contributed by atoms with E-state index >= 15 is 0 Å². The molecule has 22 N–H and O–H groups in total. The number of unbranched alkanes of at least 4 members (excludes halogenated alkanes) is 2. The fourth-order valence-electron chi connectivity index (χ4n) is 10.3. The van der Waals surface area contributed by atoms with Crippen LogP contribution in [0, 0.1) is 0 Å². The Morgan fingerprint density at radius 3 is 1.47 bits per heavy atom. The lowest BCUT2D eigenvalue weighted by Gasteiger charge is -2.51. The predicted molar refractivity (Wildman–Crippen MR) is 262 cm³/mol. The van der Waals surface area contributed by atoms with Gasteiger partial charge in [-0.05, 0) is 25.8 Å². The third-order valence-electron chi connectivity index (χ3n) is 14.6. The number of carboxylic acid groups (broad SMARTS) is 2. The Morgan fingerprint density at radius 1 is 0.554 bits per heavy atom. The van der Waals surface area contributed by atoms with Crippen LogP contribution in [0.25, 0.3) is 0 Å². The van der Waals surface area contributed by atoms with E-state index in [1.807, 2.05) is 0 Å². The first kappa shape index (κ1) is 70.1. The summed E-state index contributed by atoms with van der Waals surface area (Å²) in [6.07, 6.45) is -47.5. The molecule has 5 saturated heterocycles. The molecular formula is C47H80N4O32. The van der Waals surface area contributed by atoms with Crippen LogP contribution < -0.4 is 21.7 Å². The van der Waals surface area contributed by atoms with E-state index in [4.69, 9.17) is 53.1 Å². The Bertz CT molecular complexity index is 2110. The summed E-state index contributed by atoms with van der Waals surface area (Å²) in [7, 11) is 0. The number of aliphatic carboxylic acids is 2. The molecule has 3 amide bonds. The minimum absolute atomic E-state index is 0.0611. The number of ether oxygens (including phenoxy) is 10. The molecule has 0 aromatic rings. The molecule has 480 valence electrons. The van der Waals surface area contributed by atoms with Crippen LogP contribution in [0.1, 0.15) is 52.9 Å². The molecule has 5 rings (SSSR count). The first-order valence-corrected chi connectivity index (χ1v) is 26.5. The predicted octanol–water partition coefficient (Wildman–Crippen LogP) is -11.9. The highest BCUT2D eigenvalue weighted by atomic mass is 16.8. The summed E-state index contributed by atoms with van der Waals surface area (Å²) in [5.41, 5.74) is 5.58. The smallest absolute Gasteiger partial charge is 0.364 e. The van der Waals surface area contributed by atoms with Crippen molar-refractivity contribution in [1.29, 1.82) is 0 Å². The average Bonchev–Trinajstić information content (AvgIpc) is 1.99. The molecule has 36 heteroatoms. The Balaban J connectivity index is 1.59. The Hall–Kier alpha value is -3.69. The maximum Gasteiger partial charge on any atom is 0.364 e. The van der Waals surface area contributed by atoms with Crippen molar-refractivity contribution < 1.29 is 158 Å². The Kier molecular flexibility index (Phi) is 26.0. The molecule has 0 aromatic carbocycles. The molecule has 5 aliphatic heterocycles. The zero-order valence-electron chi connectivity index (χ0n) is 45.2. The standard InChI is InChI=1S/C47H80N4O32/c1-16(56)49-26-19(59)9-46(44(70)71,81-37(26)29(63)21(61)11-52)75-15-25-33(67)36(28(51-18(3)58)41(78-25)80-39-31(65)23(13-54)76-42(34(39)68)74-8-6-4-5-7-48)79-43-35(69)40(32(66)24(14-55)77-43)83-47(45(72)73)10-20(60)27(50-17(2)57)38(82-47)30(64)22(62)12-53/h19-43,52-55,59-69H,4-15,48H2,1-3H3,(H,49,56)(H,50,57)(H,51,58)(H,70,71)(H,72,73)/t19-,20+,21?,22?,23+,24+,25+,26+,27+,28+,29?,30?,31-,32-,33+,34+,35+,36+,37+,38-,39-,40-,41-,42+,43-,46+,47-/m0/s1. The molecule has 0 radical (unpaired) electrons. The van der Waals surface area contributed by atoms with Crippen molar-refractivity contribution in [1.82, 2.24) is 16.0 Å². The molecular weight excluding hydrogens is 1130 g/mol. The largest absolute Gasteiger partial charge is 0.477 e. The first-order valence-electron chi connectivity index (χ1n) is 26.5. The van der Waals surface area contributed by atoms with Gasteiger partial charge in [0.1, 0.15) is 110 Å². The summed E-state index contributed by atoms with van der Waals surface area (Å²) in [4.78, 5) is 63.9. The van der Waals surface area contributed by atoms with Crippen LogP contribution in [0.5, 0.6) is 0 Å². The molecule has 5 fully saturated rings. The van der Waals surface area contributed by atoms with E-state index in [1.165, 1.54) is 0 Å². The van der Waals surface area contributed by atoms with Crippen molar-refractivity contribution in [2.75, 3.05) is 46.2 Å². The molecule has 0 saturated carbocycles. The van der Waals surface area contributed by atoms with Gasteiger partial charge in [0, 0.05) is 40.2 Å². The van der Waals surface area contributed by atoms with E-state index in [0.717, 1.165) is 20.8 Å². The summed E-state index contributed by atoms with van der Waals surface area (Å²) in [5.74, 6) is -13.3. The number of hydrogen-bond acceptors (Lipinski definition) is 31. The van der Waals surface area contributed by atoms with Crippen molar-refractivity contribution in [3.63, 3.8) is 0 Å². The fourth-order valence-corrected chi connectivity index (χ4v) is 10.3. The number of hydrogen-bond donors (Lipinski definition) is 21. The fraction of sp³-hybridized carbons (Fsp3) is 0.894. The second kappa shape index (κ2) is 30.8. The summed E-state index contributed by atoms with van der Waals surface area (Å²) in [5, 5.41) is 192. The van der Waals surface area contributed by atoms with Crippen molar-refractivity contribution in [2.45, 2.75) is 217 Å². The van der Waals surface area contributed by atoms with Crippen LogP contribution in [0.3, 0.4) is 0 Å². The zero-order chi connectivity index (χ0) is 62.0. The molecule has 0 bridgehead atoms. The minimum Gasteiger partial charge on any atom is -0.477 e. The van der Waals surface area contributed by atoms with E-state index in [-0.39, 0.29) is 6.61 Å². The first-order chi connectivity index (χ1) is 39.0. The summed E-state index contributed by atoms with van der Waals surface area (Å²) < 4.78 is 58.3. The van der Waals surface area contributed by atoms with Gasteiger partial charge in [-0.1, -0.05) is 0 Å². The highest BCUT2D eigenvalue weighted by molar-refractivity contribution is 5.77. The number of aliphatic hydroxyl groups is 15. The van der Waals surface area contributed by atoms with E-state index in [0.29, 0.717) is 25.8 Å². The van der Waals surface area contributed by atoms with Crippen LogP contribution in [-0.4, -0.2) is 327 Å². The Morgan fingerprint density at radius 2 is 0.988 bits per heavy atom. The number of nitrogens with two attached hydrogens (primary N) is 1. The molecule has 4 unspecified atom stereocenters. The van der Waals surface area contributed by atoms with Crippen molar-refractivity contribution in [2.24, 2.45) is 5.73 Å². The van der Waals surface area contributed by atoms with Gasteiger partial charge < -0.3 is 156 Å². The number of aliphatic hydroxyl groups excluding tert-OH is 15.